The van der Waals surface area contributed by atoms with Crippen LogP contribution in [-0.4, -0.2) is 11.2 Å². The van der Waals surface area contributed by atoms with Crippen LogP contribution in [0.15, 0.2) is 7.16 Å². The molecule has 0 radical (unpaired) electrons. The fourth-order valence-corrected chi connectivity index (χ4v) is 5.86. The third kappa shape index (κ3) is 1.71. The standard InChI is InChI=1S/C13H18I2O/c14-10-11(15)13(8-4-5-9-13)16-12(10)6-2-1-3-7-12/h1-9H2. The Morgan fingerprint density at radius 3 is 1.50 bits per heavy atom. The normalized spacial score (nSPS) is 31.9. The summed E-state index contributed by atoms with van der Waals surface area (Å²) in [5.74, 6) is 0. The molecule has 0 bridgehead atoms. The highest BCUT2D eigenvalue weighted by Crippen LogP contribution is 2.59. The molecule has 3 heteroatoms. The summed E-state index contributed by atoms with van der Waals surface area (Å²) in [7, 11) is 0. The molecule has 90 valence electrons. The van der Waals surface area contributed by atoms with Gasteiger partial charge in [0.05, 0.1) is 0 Å². The lowest BCUT2D eigenvalue weighted by atomic mass is 9.85. The number of hydrogen-bond donors (Lipinski definition) is 0. The molecule has 0 unspecified atom stereocenters. The second kappa shape index (κ2) is 4.37. The van der Waals surface area contributed by atoms with Crippen molar-refractivity contribution < 1.29 is 4.74 Å². The Labute approximate surface area is 125 Å². The monoisotopic (exact) mass is 444 g/mol. The third-order valence-corrected chi connectivity index (χ3v) is 8.53. The first-order chi connectivity index (χ1) is 7.69. The van der Waals surface area contributed by atoms with Crippen molar-refractivity contribution in [3.8, 4) is 0 Å². The quantitative estimate of drug-likeness (QED) is 0.472. The van der Waals surface area contributed by atoms with Crippen LogP contribution in [0.5, 0.6) is 0 Å². The fourth-order valence-electron chi connectivity index (χ4n) is 3.58. The van der Waals surface area contributed by atoms with Gasteiger partial charge in [0.25, 0.3) is 0 Å². The van der Waals surface area contributed by atoms with Gasteiger partial charge in [-0.3, -0.25) is 0 Å². The molecular weight excluding hydrogens is 426 g/mol. The lowest BCUT2D eigenvalue weighted by molar-refractivity contribution is -0.102. The van der Waals surface area contributed by atoms with E-state index < -0.39 is 0 Å². The molecule has 3 aliphatic rings. The predicted octanol–water partition coefficient (Wildman–Crippen LogP) is 5.11. The van der Waals surface area contributed by atoms with Crippen molar-refractivity contribution in [1.29, 1.82) is 0 Å². The molecule has 2 saturated carbocycles. The zero-order valence-corrected chi connectivity index (χ0v) is 13.8. The van der Waals surface area contributed by atoms with Gasteiger partial charge in [-0.15, -0.1) is 0 Å². The molecule has 0 N–H and O–H groups in total. The van der Waals surface area contributed by atoms with Crippen LogP contribution in [0, 0.1) is 0 Å². The Kier molecular flexibility index (Phi) is 3.33. The molecule has 0 aromatic rings. The highest BCUT2D eigenvalue weighted by molar-refractivity contribution is 14.1. The zero-order chi connectivity index (χ0) is 11.2. The summed E-state index contributed by atoms with van der Waals surface area (Å²) < 4.78 is 9.77. The third-order valence-electron chi connectivity index (χ3n) is 4.46. The SMILES string of the molecule is IC1=C(I)C2(CCCC2)OC12CCCCC2. The molecule has 0 aromatic heterocycles. The van der Waals surface area contributed by atoms with E-state index in [0.29, 0.717) is 0 Å². The van der Waals surface area contributed by atoms with Crippen LogP contribution in [0.1, 0.15) is 57.8 Å². The number of hydrogen-bond acceptors (Lipinski definition) is 1. The van der Waals surface area contributed by atoms with Gasteiger partial charge >= 0.3 is 0 Å². The molecule has 1 aliphatic heterocycles. The first kappa shape index (κ1) is 12.2. The van der Waals surface area contributed by atoms with E-state index in [0.717, 1.165) is 0 Å². The van der Waals surface area contributed by atoms with Crippen molar-refractivity contribution in [2.24, 2.45) is 0 Å². The van der Waals surface area contributed by atoms with E-state index in [2.05, 4.69) is 45.2 Å². The minimum atomic E-state index is 0.139. The highest BCUT2D eigenvalue weighted by atomic mass is 127. The molecule has 3 rings (SSSR count). The molecule has 2 fully saturated rings. The van der Waals surface area contributed by atoms with Gasteiger partial charge < -0.3 is 4.74 Å². The Balaban J connectivity index is 1.94. The van der Waals surface area contributed by atoms with Crippen LogP contribution in [0.25, 0.3) is 0 Å². The van der Waals surface area contributed by atoms with E-state index in [9.17, 15) is 0 Å². The van der Waals surface area contributed by atoms with Crippen LogP contribution < -0.4 is 0 Å². The maximum Gasteiger partial charge on any atom is 0.101 e. The second-order valence-corrected chi connectivity index (χ2v) is 7.64. The van der Waals surface area contributed by atoms with Crippen molar-refractivity contribution in [1.82, 2.24) is 0 Å². The van der Waals surface area contributed by atoms with Gasteiger partial charge in [0.2, 0.25) is 0 Å². The number of halogens is 2. The molecule has 0 saturated heterocycles. The maximum atomic E-state index is 6.67. The Morgan fingerprint density at radius 1 is 0.688 bits per heavy atom. The van der Waals surface area contributed by atoms with Gasteiger partial charge in [-0.05, 0) is 70.9 Å². The maximum absolute atomic E-state index is 6.67. The smallest absolute Gasteiger partial charge is 0.101 e. The molecule has 2 spiro atoms. The van der Waals surface area contributed by atoms with Crippen LogP contribution >= 0.6 is 45.2 Å². The first-order valence-electron chi connectivity index (χ1n) is 6.45. The van der Waals surface area contributed by atoms with E-state index in [1.807, 2.05) is 0 Å². The van der Waals surface area contributed by atoms with Crippen LogP contribution in [0.2, 0.25) is 0 Å². The van der Waals surface area contributed by atoms with Gasteiger partial charge in [-0.25, -0.2) is 0 Å². The molecular formula is C13H18I2O. The van der Waals surface area contributed by atoms with Crippen molar-refractivity contribution in [2.75, 3.05) is 0 Å². The van der Waals surface area contributed by atoms with E-state index in [1.165, 1.54) is 57.8 Å². The largest absolute Gasteiger partial charge is 0.358 e. The van der Waals surface area contributed by atoms with Crippen molar-refractivity contribution in [3.05, 3.63) is 7.16 Å². The minimum Gasteiger partial charge on any atom is -0.358 e. The predicted molar refractivity (Wildman–Crippen MR) is 83.2 cm³/mol. The second-order valence-electron chi connectivity index (χ2n) is 5.49. The summed E-state index contributed by atoms with van der Waals surface area (Å²) in [6.45, 7) is 0. The van der Waals surface area contributed by atoms with E-state index in [-0.39, 0.29) is 11.2 Å². The van der Waals surface area contributed by atoms with Gasteiger partial charge in [0.1, 0.15) is 11.2 Å². The van der Waals surface area contributed by atoms with E-state index in [4.69, 9.17) is 4.74 Å². The number of ether oxygens (including phenoxy) is 1. The van der Waals surface area contributed by atoms with E-state index >= 15 is 0 Å². The average molecular weight is 444 g/mol. The Hall–Kier alpha value is 1.16. The summed E-state index contributed by atoms with van der Waals surface area (Å²) in [6, 6.07) is 0. The lowest BCUT2D eigenvalue weighted by Gasteiger charge is -2.37. The summed E-state index contributed by atoms with van der Waals surface area (Å²) in [6.07, 6.45) is 11.9. The van der Waals surface area contributed by atoms with Gasteiger partial charge in [0.15, 0.2) is 0 Å². The minimum absolute atomic E-state index is 0.139. The summed E-state index contributed by atoms with van der Waals surface area (Å²) in [4.78, 5) is 0. The Morgan fingerprint density at radius 2 is 1.06 bits per heavy atom. The van der Waals surface area contributed by atoms with Crippen molar-refractivity contribution in [2.45, 2.75) is 69.0 Å². The summed E-state index contributed by atoms with van der Waals surface area (Å²) in [5, 5.41) is 0. The molecule has 2 aliphatic carbocycles. The zero-order valence-electron chi connectivity index (χ0n) is 9.53. The van der Waals surface area contributed by atoms with Gasteiger partial charge in [-0.2, -0.15) is 0 Å². The molecule has 16 heavy (non-hydrogen) atoms. The number of rotatable bonds is 0. The van der Waals surface area contributed by atoms with Gasteiger partial charge in [-0.1, -0.05) is 32.1 Å². The van der Waals surface area contributed by atoms with Crippen LogP contribution in [-0.2, 0) is 4.74 Å². The van der Waals surface area contributed by atoms with E-state index in [1.54, 1.807) is 7.16 Å². The molecule has 1 nitrogen and oxygen atoms in total. The van der Waals surface area contributed by atoms with Crippen molar-refractivity contribution in [3.63, 3.8) is 0 Å². The summed E-state index contributed by atoms with van der Waals surface area (Å²) >= 11 is 5.15. The first-order valence-corrected chi connectivity index (χ1v) is 8.61. The van der Waals surface area contributed by atoms with Crippen LogP contribution in [0.4, 0.5) is 0 Å². The van der Waals surface area contributed by atoms with Crippen molar-refractivity contribution >= 4 is 45.2 Å². The topological polar surface area (TPSA) is 9.23 Å². The average Bonchev–Trinajstić information content (AvgIpc) is 2.83. The highest BCUT2D eigenvalue weighted by Gasteiger charge is 2.54. The molecule has 0 amide bonds. The molecule has 0 aromatic carbocycles. The fraction of sp³-hybridized carbons (Fsp3) is 0.846. The van der Waals surface area contributed by atoms with Gasteiger partial charge in [0, 0.05) is 7.16 Å². The lowest BCUT2D eigenvalue weighted by Crippen LogP contribution is -2.38. The molecule has 0 atom stereocenters. The van der Waals surface area contributed by atoms with Crippen LogP contribution in [0.3, 0.4) is 0 Å². The summed E-state index contributed by atoms with van der Waals surface area (Å²) in [5.41, 5.74) is 0.286. The Bertz CT molecular complexity index is 323. The molecule has 1 heterocycles.